The molecule has 0 saturated carbocycles. The van der Waals surface area contributed by atoms with Gasteiger partial charge < -0.3 is 9.15 Å². The minimum Gasteiger partial charge on any atom is -0.462 e. The van der Waals surface area contributed by atoms with Gasteiger partial charge in [-0.15, -0.1) is 0 Å². The van der Waals surface area contributed by atoms with E-state index in [1.807, 2.05) is 30.3 Å². The summed E-state index contributed by atoms with van der Waals surface area (Å²) in [4.78, 5) is 23.5. The lowest BCUT2D eigenvalue weighted by molar-refractivity contribution is -0.384. The van der Waals surface area contributed by atoms with Gasteiger partial charge in [-0.3, -0.25) is 14.8 Å². The van der Waals surface area contributed by atoms with E-state index in [1.165, 1.54) is 12.1 Å². The van der Waals surface area contributed by atoms with Gasteiger partial charge in [0.1, 0.15) is 17.1 Å². The molecule has 0 aliphatic rings. The van der Waals surface area contributed by atoms with Crippen molar-refractivity contribution in [2.75, 3.05) is 6.61 Å². The van der Waals surface area contributed by atoms with Crippen molar-refractivity contribution in [2.45, 2.75) is 13.5 Å². The second kappa shape index (κ2) is 8.66. The number of furan rings is 1. The van der Waals surface area contributed by atoms with Crippen LogP contribution in [0, 0.1) is 10.1 Å². The summed E-state index contributed by atoms with van der Waals surface area (Å²) in [6.45, 7) is 2.22. The third kappa shape index (κ3) is 4.09. The van der Waals surface area contributed by atoms with Gasteiger partial charge in [-0.25, -0.2) is 4.79 Å². The van der Waals surface area contributed by atoms with Gasteiger partial charge >= 0.3 is 5.97 Å². The lowest BCUT2D eigenvalue weighted by atomic mass is 10.0. The number of carbonyl (C=O) groups is 1. The first-order valence-corrected chi connectivity index (χ1v) is 9.69. The number of nitrogens with zero attached hydrogens (tertiary/aromatic N) is 3. The third-order valence-corrected chi connectivity index (χ3v) is 4.74. The molecule has 0 bridgehead atoms. The van der Waals surface area contributed by atoms with Crippen molar-refractivity contribution in [1.29, 1.82) is 0 Å². The highest BCUT2D eigenvalue weighted by Crippen LogP contribution is 2.38. The molecular weight excluding hydrogens is 398 g/mol. The average molecular weight is 417 g/mol. The van der Waals surface area contributed by atoms with Crippen LogP contribution >= 0.6 is 0 Å². The number of nitro groups is 1. The summed E-state index contributed by atoms with van der Waals surface area (Å²) >= 11 is 0. The maximum atomic E-state index is 13.0. The molecule has 0 aliphatic carbocycles. The zero-order valence-electron chi connectivity index (χ0n) is 16.7. The molecule has 0 saturated heterocycles. The third-order valence-electron chi connectivity index (χ3n) is 4.74. The molecule has 2 heterocycles. The van der Waals surface area contributed by atoms with Gasteiger partial charge in [0.25, 0.3) is 5.69 Å². The Morgan fingerprint density at radius 3 is 2.39 bits per heavy atom. The number of ether oxygens (including phenoxy) is 1. The van der Waals surface area contributed by atoms with E-state index in [-0.39, 0.29) is 17.9 Å². The molecule has 0 radical (unpaired) electrons. The van der Waals surface area contributed by atoms with Gasteiger partial charge in [0.15, 0.2) is 0 Å². The zero-order chi connectivity index (χ0) is 21.8. The van der Waals surface area contributed by atoms with Gasteiger partial charge in [-0.05, 0) is 25.1 Å². The van der Waals surface area contributed by atoms with Gasteiger partial charge in [-0.2, -0.15) is 5.10 Å². The summed E-state index contributed by atoms with van der Waals surface area (Å²) in [6.07, 6.45) is 3.45. The molecule has 0 aliphatic heterocycles. The Morgan fingerprint density at radius 2 is 1.77 bits per heavy atom. The van der Waals surface area contributed by atoms with Gasteiger partial charge in [-0.1, -0.05) is 30.3 Å². The normalized spacial score (nSPS) is 10.7. The van der Waals surface area contributed by atoms with E-state index in [4.69, 9.17) is 9.15 Å². The minimum atomic E-state index is -0.524. The molecule has 0 unspecified atom stereocenters. The molecule has 2 aromatic carbocycles. The second-order valence-electron chi connectivity index (χ2n) is 6.71. The molecule has 0 atom stereocenters. The van der Waals surface area contributed by atoms with Crippen LogP contribution in [0.25, 0.3) is 22.6 Å². The first-order valence-electron chi connectivity index (χ1n) is 9.69. The fourth-order valence-electron chi connectivity index (χ4n) is 3.35. The molecule has 31 heavy (non-hydrogen) atoms. The molecule has 4 aromatic rings. The Bertz CT molecular complexity index is 1200. The number of non-ortho nitro benzene ring substituents is 1. The average Bonchev–Trinajstić information content (AvgIpc) is 3.43. The van der Waals surface area contributed by atoms with Crippen LogP contribution in [0.1, 0.15) is 22.8 Å². The van der Waals surface area contributed by atoms with E-state index in [2.05, 4.69) is 5.10 Å². The molecule has 8 nitrogen and oxygen atoms in total. The van der Waals surface area contributed by atoms with Crippen molar-refractivity contribution in [3.63, 3.8) is 0 Å². The van der Waals surface area contributed by atoms with E-state index in [9.17, 15) is 14.9 Å². The SMILES string of the molecule is CCOC(=O)c1c(-c2ccc([N+](=O)[O-])cc2)oc(-c2ccccc2)c1Cn1cccn1. The van der Waals surface area contributed by atoms with Crippen LogP contribution in [0.4, 0.5) is 5.69 Å². The smallest absolute Gasteiger partial charge is 0.342 e. The minimum absolute atomic E-state index is 0.0481. The van der Waals surface area contributed by atoms with Crippen LogP contribution in [0.5, 0.6) is 0 Å². The molecule has 0 spiro atoms. The summed E-state index contributed by atoms with van der Waals surface area (Å²) in [5.74, 6) is 0.297. The molecule has 0 amide bonds. The van der Waals surface area contributed by atoms with Crippen molar-refractivity contribution >= 4 is 11.7 Å². The summed E-state index contributed by atoms with van der Waals surface area (Å²) < 4.78 is 13.2. The number of nitro benzene ring substituents is 1. The summed E-state index contributed by atoms with van der Waals surface area (Å²) in [5.41, 5.74) is 2.20. The molecule has 4 rings (SSSR count). The van der Waals surface area contributed by atoms with E-state index in [0.717, 1.165) is 5.56 Å². The number of rotatable bonds is 7. The molecule has 8 heteroatoms. The Labute approximate surface area is 177 Å². The fourth-order valence-corrected chi connectivity index (χ4v) is 3.35. The Hall–Kier alpha value is -4.20. The van der Waals surface area contributed by atoms with Crippen molar-refractivity contribution in [3.05, 3.63) is 94.3 Å². The summed E-state index contributed by atoms with van der Waals surface area (Å²) in [5, 5.41) is 15.3. The van der Waals surface area contributed by atoms with E-state index in [0.29, 0.717) is 29.2 Å². The number of carbonyl (C=O) groups excluding carboxylic acids is 1. The predicted molar refractivity (Wildman–Crippen MR) is 114 cm³/mol. The van der Waals surface area contributed by atoms with Gasteiger partial charge in [0.05, 0.1) is 18.1 Å². The second-order valence-corrected chi connectivity index (χ2v) is 6.71. The van der Waals surface area contributed by atoms with E-state index >= 15 is 0 Å². The van der Waals surface area contributed by atoms with E-state index in [1.54, 1.807) is 42.2 Å². The predicted octanol–water partition coefficient (Wildman–Crippen LogP) is 4.94. The van der Waals surface area contributed by atoms with Crippen LogP contribution in [-0.2, 0) is 11.3 Å². The molecular formula is C23H19N3O5. The maximum Gasteiger partial charge on any atom is 0.342 e. The van der Waals surface area contributed by atoms with Gasteiger partial charge in [0.2, 0.25) is 0 Å². The van der Waals surface area contributed by atoms with Crippen LogP contribution in [0.3, 0.4) is 0 Å². The van der Waals surface area contributed by atoms with Crippen molar-refractivity contribution in [2.24, 2.45) is 0 Å². The van der Waals surface area contributed by atoms with Crippen molar-refractivity contribution in [1.82, 2.24) is 9.78 Å². The highest BCUT2D eigenvalue weighted by atomic mass is 16.6. The monoisotopic (exact) mass is 417 g/mol. The number of aromatic nitrogens is 2. The highest BCUT2D eigenvalue weighted by Gasteiger charge is 2.29. The molecule has 0 N–H and O–H groups in total. The first kappa shape index (κ1) is 20.1. The lowest BCUT2D eigenvalue weighted by Gasteiger charge is -2.07. The Balaban J connectivity index is 1.93. The summed E-state index contributed by atoms with van der Waals surface area (Å²) in [7, 11) is 0. The number of benzene rings is 2. The molecule has 2 aromatic heterocycles. The lowest BCUT2D eigenvalue weighted by Crippen LogP contribution is -2.11. The van der Waals surface area contributed by atoms with Crippen molar-refractivity contribution in [3.8, 4) is 22.6 Å². The van der Waals surface area contributed by atoms with Crippen LogP contribution < -0.4 is 0 Å². The summed E-state index contributed by atoms with van der Waals surface area (Å²) in [6, 6.07) is 17.1. The van der Waals surface area contributed by atoms with Crippen LogP contribution in [0.2, 0.25) is 0 Å². The Morgan fingerprint density at radius 1 is 1.06 bits per heavy atom. The Kier molecular flexibility index (Phi) is 5.61. The first-order chi connectivity index (χ1) is 15.1. The van der Waals surface area contributed by atoms with Crippen molar-refractivity contribution < 1.29 is 18.9 Å². The molecule has 0 fully saturated rings. The fraction of sp³-hybridized carbons (Fsp3) is 0.130. The largest absolute Gasteiger partial charge is 0.462 e. The standard InChI is InChI=1S/C23H19N3O5/c1-2-30-23(27)20-19(15-25-14-6-13-24-25)21(16-7-4-3-5-8-16)31-22(20)17-9-11-18(12-10-17)26(28)29/h3-14H,2,15H2,1H3. The topological polar surface area (TPSA) is 100 Å². The van der Waals surface area contributed by atoms with Gasteiger partial charge in [0, 0.05) is 41.2 Å². The number of hydrogen-bond donors (Lipinski definition) is 0. The maximum absolute atomic E-state index is 13.0. The number of hydrogen-bond acceptors (Lipinski definition) is 6. The molecule has 156 valence electrons. The number of esters is 1. The highest BCUT2D eigenvalue weighted by molar-refractivity contribution is 5.99. The van der Waals surface area contributed by atoms with Crippen LogP contribution in [0.15, 0.2) is 77.5 Å². The quantitative estimate of drug-likeness (QED) is 0.240. The van der Waals surface area contributed by atoms with Crippen LogP contribution in [-0.4, -0.2) is 27.3 Å². The zero-order valence-corrected chi connectivity index (χ0v) is 16.7. The van der Waals surface area contributed by atoms with E-state index < -0.39 is 10.9 Å².